The third-order valence-corrected chi connectivity index (χ3v) is 2.58. The average Bonchev–Trinajstić information content (AvgIpc) is 2.35. The molecule has 1 saturated carbocycles. The molecule has 2 rings (SSSR count). The molecule has 2 N–H and O–H groups in total. The monoisotopic (exact) mass is 238 g/mol. The molecule has 0 unspecified atom stereocenters. The van der Waals surface area contributed by atoms with E-state index >= 15 is 0 Å². The van der Waals surface area contributed by atoms with Crippen molar-refractivity contribution in [3.05, 3.63) is 30.3 Å². The highest BCUT2D eigenvalue weighted by Gasteiger charge is 2.13. The highest BCUT2D eigenvalue weighted by Crippen LogP contribution is 2.17. The second-order valence-electron chi connectivity index (χ2n) is 3.66. The van der Waals surface area contributed by atoms with Crippen LogP contribution in [0.3, 0.4) is 0 Å². The summed E-state index contributed by atoms with van der Waals surface area (Å²) in [6.45, 7) is 0. The van der Waals surface area contributed by atoms with Gasteiger partial charge in [0.05, 0.1) is 0 Å². The number of rotatable bonds is 2. The van der Waals surface area contributed by atoms with Crippen molar-refractivity contribution in [2.24, 2.45) is 0 Å². The Hall–Kier alpha value is -1.09. The maximum Gasteiger partial charge on any atom is 0.170 e. The van der Waals surface area contributed by atoms with Crippen molar-refractivity contribution in [3.63, 3.8) is 0 Å². The molecule has 1 aromatic rings. The normalized spacial score (nSPS) is 26.8. The van der Waals surface area contributed by atoms with E-state index in [1.54, 1.807) is 0 Å². The van der Waals surface area contributed by atoms with Gasteiger partial charge in [0.25, 0.3) is 0 Å². The molecule has 86 valence electrons. The average molecular weight is 238 g/mol. The van der Waals surface area contributed by atoms with Crippen LogP contribution < -0.4 is 10.6 Å². The summed E-state index contributed by atoms with van der Waals surface area (Å²) in [7, 11) is 0. The van der Waals surface area contributed by atoms with Gasteiger partial charge >= 0.3 is 0 Å². The van der Waals surface area contributed by atoms with Crippen molar-refractivity contribution in [2.45, 2.75) is 38.1 Å². The van der Waals surface area contributed by atoms with Gasteiger partial charge in [-0.25, -0.2) is 0 Å². The van der Waals surface area contributed by atoms with E-state index in [4.69, 9.17) is 17.7 Å². The van der Waals surface area contributed by atoms with E-state index in [0.717, 1.165) is 5.69 Å². The lowest BCUT2D eigenvalue weighted by Gasteiger charge is -2.24. The Morgan fingerprint density at radius 1 is 1.19 bits per heavy atom. The Morgan fingerprint density at radius 3 is 2.56 bits per heavy atom. The highest BCUT2D eigenvalue weighted by atomic mass is 32.1. The van der Waals surface area contributed by atoms with Gasteiger partial charge in [0.1, 0.15) is 0 Å². The van der Waals surface area contributed by atoms with E-state index in [2.05, 4.69) is 10.6 Å². The van der Waals surface area contributed by atoms with Crippen LogP contribution in [-0.4, -0.2) is 11.2 Å². The summed E-state index contributed by atoms with van der Waals surface area (Å²) in [5, 5.41) is 6.02. The van der Waals surface area contributed by atoms with Crippen molar-refractivity contribution in [3.8, 4) is 0 Å². The predicted octanol–water partition coefficient (Wildman–Crippen LogP) is 3.31. The summed E-state index contributed by atoms with van der Waals surface area (Å²) in [4.78, 5) is 0. The van der Waals surface area contributed by atoms with Gasteiger partial charge in [0.15, 0.2) is 5.11 Å². The number of nitrogens with one attached hydrogen (secondary N) is 2. The van der Waals surface area contributed by atoms with Crippen LogP contribution in [0.2, 0.25) is 0 Å². The van der Waals surface area contributed by atoms with Crippen molar-refractivity contribution in [1.29, 1.82) is 0 Å². The van der Waals surface area contributed by atoms with Crippen LogP contribution in [0.25, 0.3) is 0 Å². The van der Waals surface area contributed by atoms with Crippen LogP contribution in [0, 0.1) is 0 Å². The van der Waals surface area contributed by atoms with Crippen LogP contribution in [-0.2, 0) is 0 Å². The molecular weight excluding hydrogens is 216 g/mol. The first-order valence-corrected chi connectivity index (χ1v) is 5.85. The molecule has 0 saturated heterocycles. The standard InChI is InChI=1S/C13H18N2S/c16-13(14-11-7-3-1-4-8-11)15-12-9-5-2-6-10-12/h1,3-4,7-8,12H,2,5-6,9-10H2,(H2,14,15,16)/i9D2,10D2. The second-order valence-corrected chi connectivity index (χ2v) is 4.07. The Morgan fingerprint density at radius 2 is 1.88 bits per heavy atom. The van der Waals surface area contributed by atoms with Gasteiger partial charge in [-0.1, -0.05) is 37.5 Å². The zero-order valence-electron chi connectivity index (χ0n) is 13.0. The van der Waals surface area contributed by atoms with E-state index in [-0.39, 0.29) is 5.11 Å². The third kappa shape index (κ3) is 3.49. The fourth-order valence-corrected chi connectivity index (χ4v) is 1.81. The summed E-state index contributed by atoms with van der Waals surface area (Å²) in [6, 6.07) is 8.37. The Kier molecular flexibility index (Phi) is 2.66. The first-order valence-electron chi connectivity index (χ1n) is 7.44. The van der Waals surface area contributed by atoms with Crippen LogP contribution in [0.5, 0.6) is 0 Å². The third-order valence-electron chi connectivity index (χ3n) is 2.36. The lowest BCUT2D eigenvalue weighted by molar-refractivity contribution is 0.415. The topological polar surface area (TPSA) is 24.1 Å². The molecule has 2 nitrogen and oxygen atoms in total. The molecule has 0 spiro atoms. The van der Waals surface area contributed by atoms with E-state index < -0.39 is 18.8 Å². The van der Waals surface area contributed by atoms with E-state index in [1.807, 2.05) is 30.3 Å². The van der Waals surface area contributed by atoms with Crippen LogP contribution >= 0.6 is 12.2 Å². The maximum atomic E-state index is 7.99. The zero-order valence-corrected chi connectivity index (χ0v) is 9.81. The minimum absolute atomic E-state index is 0.246. The van der Waals surface area contributed by atoms with Gasteiger partial charge in [0, 0.05) is 17.2 Å². The van der Waals surface area contributed by atoms with Crippen LogP contribution in [0.1, 0.15) is 37.5 Å². The number of anilines is 1. The largest absolute Gasteiger partial charge is 0.360 e. The molecule has 0 heterocycles. The van der Waals surface area contributed by atoms with Gasteiger partial charge in [-0.05, 0) is 37.1 Å². The molecule has 0 amide bonds. The second kappa shape index (κ2) is 5.85. The lowest BCUT2D eigenvalue weighted by Crippen LogP contribution is -2.38. The minimum atomic E-state index is -1.61. The smallest absolute Gasteiger partial charge is 0.170 e. The fourth-order valence-electron chi connectivity index (χ4n) is 1.58. The molecule has 0 aliphatic heterocycles. The highest BCUT2D eigenvalue weighted by molar-refractivity contribution is 7.80. The SMILES string of the molecule is [2H]C1([2H])CCCC([2H])([2H])C1NC(=S)Nc1ccccc1. The Balaban J connectivity index is 2.05. The van der Waals surface area contributed by atoms with Crippen LogP contribution in [0.15, 0.2) is 30.3 Å². The zero-order chi connectivity index (χ0) is 14.8. The first kappa shape index (κ1) is 7.28. The molecule has 16 heavy (non-hydrogen) atoms. The number of hydrogen-bond donors (Lipinski definition) is 2. The minimum Gasteiger partial charge on any atom is -0.360 e. The molecule has 0 radical (unpaired) electrons. The van der Waals surface area contributed by atoms with Crippen molar-refractivity contribution in [1.82, 2.24) is 5.32 Å². The van der Waals surface area contributed by atoms with Gasteiger partial charge in [0.2, 0.25) is 0 Å². The summed E-state index contributed by atoms with van der Waals surface area (Å²) < 4.78 is 32.0. The van der Waals surface area contributed by atoms with Gasteiger partial charge < -0.3 is 10.6 Å². The Bertz CT molecular complexity index is 463. The molecule has 0 aromatic heterocycles. The molecule has 1 aromatic carbocycles. The van der Waals surface area contributed by atoms with Gasteiger partial charge in [-0.3, -0.25) is 0 Å². The summed E-state index contributed by atoms with van der Waals surface area (Å²) >= 11 is 5.17. The predicted molar refractivity (Wildman–Crippen MR) is 72.7 cm³/mol. The lowest BCUT2D eigenvalue weighted by atomic mass is 9.96. The summed E-state index contributed by atoms with van der Waals surface area (Å²) in [5.74, 6) is 0. The number of benzene rings is 1. The molecule has 0 bridgehead atoms. The molecule has 1 fully saturated rings. The van der Waals surface area contributed by atoms with Crippen molar-refractivity contribution >= 4 is 23.0 Å². The van der Waals surface area contributed by atoms with Gasteiger partial charge in [-0.2, -0.15) is 0 Å². The number of para-hydroxylation sites is 1. The maximum absolute atomic E-state index is 7.99. The molecular formula is C13H18N2S. The van der Waals surface area contributed by atoms with E-state index in [9.17, 15) is 0 Å². The van der Waals surface area contributed by atoms with Crippen LogP contribution in [0.4, 0.5) is 5.69 Å². The molecule has 1 aliphatic carbocycles. The first-order chi connectivity index (χ1) is 9.31. The molecule has 3 heteroatoms. The Labute approximate surface area is 108 Å². The molecule has 0 atom stereocenters. The van der Waals surface area contributed by atoms with E-state index in [0.29, 0.717) is 19.3 Å². The quantitative estimate of drug-likeness (QED) is 0.773. The fraction of sp³-hybridized carbons (Fsp3) is 0.462. The molecule has 1 aliphatic rings. The summed E-state index contributed by atoms with van der Waals surface area (Å²) in [5.41, 5.74) is 0.793. The number of hydrogen-bond acceptors (Lipinski definition) is 1. The van der Waals surface area contributed by atoms with Crippen molar-refractivity contribution < 1.29 is 5.48 Å². The number of thiocarbonyl (C=S) groups is 1. The summed E-state index contributed by atoms with van der Waals surface area (Å²) in [6.07, 6.45) is -1.97. The van der Waals surface area contributed by atoms with E-state index in [1.165, 1.54) is 0 Å². The van der Waals surface area contributed by atoms with Gasteiger partial charge in [-0.15, -0.1) is 0 Å². The van der Waals surface area contributed by atoms with Crippen molar-refractivity contribution in [2.75, 3.05) is 5.32 Å².